The monoisotopic (exact) mass is 244 g/mol. The molecule has 3 nitrogen and oxygen atoms in total. The van der Waals surface area contributed by atoms with Gasteiger partial charge < -0.3 is 0 Å². The van der Waals surface area contributed by atoms with E-state index in [1.54, 1.807) is 0 Å². The van der Waals surface area contributed by atoms with Gasteiger partial charge in [-0.05, 0) is 24.3 Å². The molecule has 0 aliphatic heterocycles. The van der Waals surface area contributed by atoms with E-state index in [0.29, 0.717) is 5.02 Å². The average Bonchev–Trinajstić information content (AvgIpc) is 2.18. The summed E-state index contributed by atoms with van der Waals surface area (Å²) in [7, 11) is -3.70. The van der Waals surface area contributed by atoms with Gasteiger partial charge in [0.15, 0.2) is 0 Å². The standard InChI is InChI=1S/C10H9ClO3S/c1-2-3-8-14-15(12,13)10-6-4-9(11)5-7-10/h1,4-7H,3,8H2. The van der Waals surface area contributed by atoms with Crippen LogP contribution in [-0.2, 0) is 14.3 Å². The molecule has 0 saturated heterocycles. The molecule has 0 atom stereocenters. The molecule has 0 aliphatic rings. The molecular formula is C10H9ClO3S. The molecule has 0 unspecified atom stereocenters. The summed E-state index contributed by atoms with van der Waals surface area (Å²) in [5.74, 6) is 2.29. The molecular weight excluding hydrogens is 236 g/mol. The molecule has 0 N–H and O–H groups in total. The first-order chi connectivity index (χ1) is 7.06. The number of hydrogen-bond donors (Lipinski definition) is 0. The summed E-state index contributed by atoms with van der Waals surface area (Å²) in [5, 5.41) is 0.470. The zero-order chi connectivity index (χ0) is 11.3. The maximum atomic E-state index is 11.5. The summed E-state index contributed by atoms with van der Waals surface area (Å²) in [6.07, 6.45) is 5.23. The van der Waals surface area contributed by atoms with Gasteiger partial charge in [0.25, 0.3) is 10.1 Å². The SMILES string of the molecule is C#CCCOS(=O)(=O)c1ccc(Cl)cc1. The first-order valence-corrected chi connectivity index (χ1v) is 5.93. The Morgan fingerprint density at radius 3 is 2.47 bits per heavy atom. The van der Waals surface area contributed by atoms with Crippen LogP contribution >= 0.6 is 11.6 Å². The van der Waals surface area contributed by atoms with E-state index in [9.17, 15) is 8.42 Å². The number of hydrogen-bond acceptors (Lipinski definition) is 3. The molecule has 0 aliphatic carbocycles. The molecule has 0 heterocycles. The second-order valence-electron chi connectivity index (χ2n) is 2.68. The van der Waals surface area contributed by atoms with Crippen LogP contribution in [0.15, 0.2) is 29.2 Å². The average molecular weight is 245 g/mol. The van der Waals surface area contributed by atoms with Gasteiger partial charge in [-0.25, -0.2) is 0 Å². The van der Waals surface area contributed by atoms with E-state index in [1.165, 1.54) is 24.3 Å². The lowest BCUT2D eigenvalue weighted by Crippen LogP contribution is -2.07. The largest absolute Gasteiger partial charge is 0.297 e. The molecule has 15 heavy (non-hydrogen) atoms. The van der Waals surface area contributed by atoms with Crippen molar-refractivity contribution in [2.24, 2.45) is 0 Å². The van der Waals surface area contributed by atoms with Gasteiger partial charge in [-0.3, -0.25) is 4.18 Å². The Morgan fingerprint density at radius 1 is 1.33 bits per heavy atom. The summed E-state index contributed by atoms with van der Waals surface area (Å²) in [5.41, 5.74) is 0. The molecule has 0 bridgehead atoms. The molecule has 0 aromatic heterocycles. The second kappa shape index (κ2) is 5.17. The predicted molar refractivity (Wildman–Crippen MR) is 58.0 cm³/mol. The van der Waals surface area contributed by atoms with Crippen LogP contribution in [0.4, 0.5) is 0 Å². The quantitative estimate of drug-likeness (QED) is 0.463. The van der Waals surface area contributed by atoms with Crippen molar-refractivity contribution < 1.29 is 12.6 Å². The predicted octanol–water partition coefficient (Wildman–Crippen LogP) is 2.07. The Kier molecular flexibility index (Phi) is 4.15. The van der Waals surface area contributed by atoms with E-state index in [4.69, 9.17) is 18.0 Å². The van der Waals surface area contributed by atoms with Crippen molar-refractivity contribution in [3.8, 4) is 12.3 Å². The Hall–Kier alpha value is -1.02. The van der Waals surface area contributed by atoms with Gasteiger partial charge >= 0.3 is 0 Å². The van der Waals surface area contributed by atoms with Crippen molar-refractivity contribution >= 4 is 21.7 Å². The van der Waals surface area contributed by atoms with Gasteiger partial charge in [0.05, 0.1) is 11.5 Å². The summed E-state index contributed by atoms with van der Waals surface area (Å²) in [6, 6.07) is 5.74. The number of halogens is 1. The Bertz CT molecular complexity index is 456. The lowest BCUT2D eigenvalue weighted by Gasteiger charge is -2.03. The normalized spacial score (nSPS) is 10.9. The Balaban J connectivity index is 2.79. The smallest absolute Gasteiger partial charge is 0.265 e. The zero-order valence-corrected chi connectivity index (χ0v) is 9.38. The summed E-state index contributed by atoms with van der Waals surface area (Å²) in [4.78, 5) is 0.0731. The highest BCUT2D eigenvalue weighted by Crippen LogP contribution is 2.16. The lowest BCUT2D eigenvalue weighted by atomic mass is 10.4. The molecule has 0 radical (unpaired) electrons. The van der Waals surface area contributed by atoms with Crippen molar-refractivity contribution in [3.05, 3.63) is 29.3 Å². The van der Waals surface area contributed by atoms with Crippen LogP contribution in [0, 0.1) is 12.3 Å². The van der Waals surface area contributed by atoms with Gasteiger partial charge in [0.1, 0.15) is 0 Å². The fourth-order valence-electron chi connectivity index (χ4n) is 0.880. The van der Waals surface area contributed by atoms with Gasteiger partial charge in [-0.1, -0.05) is 11.6 Å². The van der Waals surface area contributed by atoms with Gasteiger partial charge in [0.2, 0.25) is 0 Å². The van der Waals surface area contributed by atoms with E-state index in [1.807, 2.05) is 0 Å². The van der Waals surface area contributed by atoms with Crippen molar-refractivity contribution in [2.45, 2.75) is 11.3 Å². The number of terminal acetylenes is 1. The van der Waals surface area contributed by atoms with E-state index in [0.717, 1.165) is 0 Å². The maximum Gasteiger partial charge on any atom is 0.297 e. The fraction of sp³-hybridized carbons (Fsp3) is 0.200. The molecule has 0 fully saturated rings. The third kappa shape index (κ3) is 3.56. The third-order valence-corrected chi connectivity index (χ3v) is 3.17. The topological polar surface area (TPSA) is 43.4 Å². The molecule has 0 saturated carbocycles. The fourth-order valence-corrected chi connectivity index (χ4v) is 1.91. The van der Waals surface area contributed by atoms with Crippen LogP contribution in [0.1, 0.15) is 6.42 Å². The first kappa shape index (κ1) is 12.1. The molecule has 1 rings (SSSR count). The Labute approximate surface area is 94.1 Å². The minimum absolute atomic E-state index is 0.0124. The highest BCUT2D eigenvalue weighted by molar-refractivity contribution is 7.86. The molecule has 0 spiro atoms. The van der Waals surface area contributed by atoms with E-state index in [2.05, 4.69) is 10.1 Å². The summed E-state index contributed by atoms with van der Waals surface area (Å²) < 4.78 is 27.7. The summed E-state index contributed by atoms with van der Waals surface area (Å²) in [6.45, 7) is -0.0124. The number of rotatable bonds is 4. The highest BCUT2D eigenvalue weighted by atomic mass is 35.5. The van der Waals surface area contributed by atoms with Crippen molar-refractivity contribution in [1.29, 1.82) is 0 Å². The van der Waals surface area contributed by atoms with Gasteiger partial charge in [-0.15, -0.1) is 12.3 Å². The Morgan fingerprint density at radius 2 is 1.93 bits per heavy atom. The van der Waals surface area contributed by atoms with Crippen molar-refractivity contribution in [3.63, 3.8) is 0 Å². The second-order valence-corrected chi connectivity index (χ2v) is 4.74. The van der Waals surface area contributed by atoms with Crippen LogP contribution in [0.5, 0.6) is 0 Å². The van der Waals surface area contributed by atoms with Gasteiger partial charge in [-0.2, -0.15) is 8.42 Å². The molecule has 1 aromatic carbocycles. The van der Waals surface area contributed by atoms with E-state index >= 15 is 0 Å². The first-order valence-electron chi connectivity index (χ1n) is 4.15. The van der Waals surface area contributed by atoms with Crippen LogP contribution in [0.3, 0.4) is 0 Å². The van der Waals surface area contributed by atoms with Gasteiger partial charge in [0, 0.05) is 11.4 Å². The van der Waals surface area contributed by atoms with Crippen LogP contribution < -0.4 is 0 Å². The molecule has 80 valence electrons. The van der Waals surface area contributed by atoms with Crippen molar-refractivity contribution in [1.82, 2.24) is 0 Å². The van der Waals surface area contributed by atoms with Crippen LogP contribution in [-0.4, -0.2) is 15.0 Å². The molecule has 5 heteroatoms. The third-order valence-electron chi connectivity index (χ3n) is 1.59. The minimum Gasteiger partial charge on any atom is -0.265 e. The van der Waals surface area contributed by atoms with E-state index in [-0.39, 0.29) is 17.9 Å². The number of benzene rings is 1. The van der Waals surface area contributed by atoms with E-state index < -0.39 is 10.1 Å². The highest BCUT2D eigenvalue weighted by Gasteiger charge is 2.13. The summed E-state index contributed by atoms with van der Waals surface area (Å²) >= 11 is 5.63. The van der Waals surface area contributed by atoms with Crippen LogP contribution in [0.25, 0.3) is 0 Å². The van der Waals surface area contributed by atoms with Crippen LogP contribution in [0.2, 0.25) is 5.02 Å². The lowest BCUT2D eigenvalue weighted by molar-refractivity contribution is 0.327. The minimum atomic E-state index is -3.70. The molecule has 1 aromatic rings. The molecule has 0 amide bonds. The van der Waals surface area contributed by atoms with Crippen molar-refractivity contribution in [2.75, 3.05) is 6.61 Å². The zero-order valence-electron chi connectivity index (χ0n) is 7.81. The maximum absolute atomic E-state index is 11.5.